The maximum absolute atomic E-state index is 9.95. The summed E-state index contributed by atoms with van der Waals surface area (Å²) < 4.78 is 0. The lowest BCUT2D eigenvalue weighted by Crippen LogP contribution is -2.62. The minimum absolute atomic E-state index is 0.230. The van der Waals surface area contributed by atoms with Crippen molar-refractivity contribution in [1.82, 2.24) is 4.90 Å². The zero-order valence-electron chi connectivity index (χ0n) is 7.14. The number of hydrogen-bond acceptors (Lipinski definition) is 4. The Bertz CT molecular complexity index is 199. The second-order valence-electron chi connectivity index (χ2n) is 3.93. The predicted molar refractivity (Wildman–Crippen MR) is 42.4 cm³/mol. The van der Waals surface area contributed by atoms with E-state index in [9.17, 15) is 15.3 Å². The summed E-state index contributed by atoms with van der Waals surface area (Å²) in [6.45, 7) is 0. The van der Waals surface area contributed by atoms with Crippen LogP contribution in [0.4, 0.5) is 0 Å². The summed E-state index contributed by atoms with van der Waals surface area (Å²) in [4.78, 5) is 1.78. The van der Waals surface area contributed by atoms with E-state index in [1.54, 1.807) is 11.9 Å². The van der Waals surface area contributed by atoms with E-state index >= 15 is 0 Å². The van der Waals surface area contributed by atoms with Gasteiger partial charge in [0.25, 0.3) is 0 Å². The van der Waals surface area contributed by atoms with Crippen molar-refractivity contribution < 1.29 is 15.3 Å². The zero-order valence-corrected chi connectivity index (χ0v) is 7.14. The molecule has 2 fully saturated rings. The van der Waals surface area contributed by atoms with Gasteiger partial charge in [-0.1, -0.05) is 0 Å². The van der Waals surface area contributed by atoms with Crippen molar-refractivity contribution in [2.75, 3.05) is 7.05 Å². The molecular formula is C8H15NO3. The fourth-order valence-electron chi connectivity index (χ4n) is 2.41. The first-order chi connectivity index (χ1) is 5.55. The summed E-state index contributed by atoms with van der Waals surface area (Å²) in [7, 11) is 1.80. The maximum atomic E-state index is 9.95. The molecule has 0 aromatic heterocycles. The van der Waals surface area contributed by atoms with E-state index in [2.05, 4.69) is 0 Å². The molecule has 0 aliphatic carbocycles. The van der Waals surface area contributed by atoms with E-state index in [0.29, 0.717) is 12.8 Å². The van der Waals surface area contributed by atoms with Crippen LogP contribution < -0.4 is 0 Å². The van der Waals surface area contributed by atoms with Gasteiger partial charge in [0.1, 0.15) is 11.8 Å². The first-order valence-electron chi connectivity index (χ1n) is 4.37. The quantitative estimate of drug-likeness (QED) is 0.435. The van der Waals surface area contributed by atoms with Crippen LogP contribution in [0.1, 0.15) is 19.3 Å². The highest BCUT2D eigenvalue weighted by atomic mass is 16.4. The Hall–Kier alpha value is -0.160. The Balaban J connectivity index is 2.28. The molecular weight excluding hydrogens is 158 g/mol. The lowest BCUT2D eigenvalue weighted by atomic mass is 9.94. The molecule has 0 unspecified atom stereocenters. The van der Waals surface area contributed by atoms with Crippen LogP contribution in [-0.4, -0.2) is 51.2 Å². The molecule has 4 atom stereocenters. The van der Waals surface area contributed by atoms with Crippen molar-refractivity contribution in [2.24, 2.45) is 0 Å². The lowest BCUT2D eigenvalue weighted by molar-refractivity contribution is -0.214. The molecule has 2 heterocycles. The maximum Gasteiger partial charge on any atom is 0.147 e. The third kappa shape index (κ3) is 0.864. The number of likely N-dealkylation sites (N-methyl/N-ethyl adjacent to an activating group) is 1. The molecule has 2 saturated heterocycles. The van der Waals surface area contributed by atoms with Crippen LogP contribution in [0.3, 0.4) is 0 Å². The number of nitrogens with zero attached hydrogens (tertiary/aromatic N) is 1. The van der Waals surface area contributed by atoms with E-state index < -0.39 is 17.9 Å². The first-order valence-corrected chi connectivity index (χ1v) is 4.37. The van der Waals surface area contributed by atoms with Gasteiger partial charge >= 0.3 is 0 Å². The fourth-order valence-corrected chi connectivity index (χ4v) is 2.41. The average Bonchev–Trinajstić information content (AvgIpc) is 2.25. The summed E-state index contributed by atoms with van der Waals surface area (Å²) in [6, 6.07) is 0.230. The second kappa shape index (κ2) is 2.42. The van der Waals surface area contributed by atoms with E-state index in [0.717, 1.165) is 6.42 Å². The number of fused-ring (bicyclic) bond motifs is 2. The van der Waals surface area contributed by atoms with E-state index in [1.165, 1.54) is 0 Å². The summed E-state index contributed by atoms with van der Waals surface area (Å²) in [5.41, 5.74) is -1.18. The van der Waals surface area contributed by atoms with E-state index in [-0.39, 0.29) is 6.04 Å². The number of aliphatic hydroxyl groups is 3. The van der Waals surface area contributed by atoms with Gasteiger partial charge in [-0.25, -0.2) is 0 Å². The van der Waals surface area contributed by atoms with Gasteiger partial charge in [0.15, 0.2) is 0 Å². The number of aliphatic hydroxyl groups excluding tert-OH is 2. The Kier molecular flexibility index (Phi) is 1.70. The van der Waals surface area contributed by atoms with Crippen LogP contribution in [0.2, 0.25) is 0 Å². The highest BCUT2D eigenvalue weighted by Gasteiger charge is 2.54. The van der Waals surface area contributed by atoms with Gasteiger partial charge in [0.05, 0.1) is 6.10 Å². The smallest absolute Gasteiger partial charge is 0.147 e. The normalized spacial score (nSPS) is 54.5. The monoisotopic (exact) mass is 173 g/mol. The largest absolute Gasteiger partial charge is 0.390 e. The molecule has 0 radical (unpaired) electrons. The van der Waals surface area contributed by atoms with Crippen molar-refractivity contribution in [3.8, 4) is 0 Å². The molecule has 4 nitrogen and oxygen atoms in total. The molecule has 12 heavy (non-hydrogen) atoms. The molecule has 0 aromatic rings. The number of hydrogen-bond donors (Lipinski definition) is 3. The Morgan fingerprint density at radius 2 is 2.08 bits per heavy atom. The lowest BCUT2D eigenvalue weighted by Gasteiger charge is -2.44. The summed E-state index contributed by atoms with van der Waals surface area (Å²) in [6.07, 6.45) is 0.216. The van der Waals surface area contributed by atoms with Crippen molar-refractivity contribution in [3.05, 3.63) is 0 Å². The van der Waals surface area contributed by atoms with E-state index in [4.69, 9.17) is 0 Å². The molecule has 0 saturated carbocycles. The molecule has 0 aromatic carbocycles. The van der Waals surface area contributed by atoms with E-state index in [1.807, 2.05) is 0 Å². The molecule has 70 valence electrons. The Morgan fingerprint density at radius 1 is 1.42 bits per heavy atom. The van der Waals surface area contributed by atoms with Crippen LogP contribution in [0.25, 0.3) is 0 Å². The van der Waals surface area contributed by atoms with Gasteiger partial charge in [-0.15, -0.1) is 0 Å². The molecule has 4 heteroatoms. The van der Waals surface area contributed by atoms with Crippen molar-refractivity contribution in [3.63, 3.8) is 0 Å². The van der Waals surface area contributed by atoms with Gasteiger partial charge < -0.3 is 15.3 Å². The molecule has 2 aliphatic heterocycles. The molecule has 0 amide bonds. The minimum Gasteiger partial charge on any atom is -0.390 e. The molecule has 0 spiro atoms. The Morgan fingerprint density at radius 3 is 2.75 bits per heavy atom. The van der Waals surface area contributed by atoms with Gasteiger partial charge in [-0.2, -0.15) is 0 Å². The highest BCUT2D eigenvalue weighted by molar-refractivity contribution is 5.04. The van der Waals surface area contributed by atoms with Crippen LogP contribution in [0.5, 0.6) is 0 Å². The third-order valence-electron chi connectivity index (χ3n) is 3.36. The molecule has 2 aliphatic rings. The first kappa shape index (κ1) is 8.44. The van der Waals surface area contributed by atoms with Gasteiger partial charge in [-0.3, -0.25) is 4.90 Å². The number of rotatable bonds is 0. The topological polar surface area (TPSA) is 63.9 Å². The van der Waals surface area contributed by atoms with Crippen molar-refractivity contribution >= 4 is 0 Å². The minimum atomic E-state index is -1.18. The van der Waals surface area contributed by atoms with Crippen LogP contribution in [0, 0.1) is 0 Å². The zero-order chi connectivity index (χ0) is 8.93. The Labute approximate surface area is 71.4 Å². The third-order valence-corrected chi connectivity index (χ3v) is 3.36. The summed E-state index contributed by atoms with van der Waals surface area (Å²) in [5.74, 6) is 0. The molecule has 2 bridgehead atoms. The van der Waals surface area contributed by atoms with Crippen molar-refractivity contribution in [2.45, 2.75) is 43.2 Å². The molecule has 3 N–H and O–H groups in total. The van der Waals surface area contributed by atoms with Crippen molar-refractivity contribution in [1.29, 1.82) is 0 Å². The van der Waals surface area contributed by atoms with Gasteiger partial charge in [0.2, 0.25) is 0 Å². The van der Waals surface area contributed by atoms with Crippen LogP contribution >= 0.6 is 0 Å². The highest BCUT2D eigenvalue weighted by Crippen LogP contribution is 2.41. The molecule has 2 rings (SSSR count). The fraction of sp³-hybridized carbons (Fsp3) is 1.00. The standard InChI is InChI=1S/C8H15NO3/c1-9-5-2-3-8(9,12)7(11)6(10)4-5/h5-7,10-12H,2-4H2,1H3/t5-,6+,7-,8-/m0/s1. The predicted octanol–water partition coefficient (Wildman–Crippen LogP) is -1.11. The van der Waals surface area contributed by atoms with Crippen LogP contribution in [-0.2, 0) is 0 Å². The van der Waals surface area contributed by atoms with Crippen LogP contribution in [0.15, 0.2) is 0 Å². The van der Waals surface area contributed by atoms with Gasteiger partial charge in [0, 0.05) is 6.04 Å². The number of piperidine rings is 1. The summed E-state index contributed by atoms with van der Waals surface area (Å²) in [5, 5.41) is 28.9. The summed E-state index contributed by atoms with van der Waals surface area (Å²) >= 11 is 0. The average molecular weight is 173 g/mol. The van der Waals surface area contributed by atoms with Gasteiger partial charge in [-0.05, 0) is 26.3 Å². The second-order valence-corrected chi connectivity index (χ2v) is 3.93. The SMILES string of the molecule is CN1[C@H]2CC[C@]1(O)[C@@H](O)[C@H](O)C2.